The summed E-state index contributed by atoms with van der Waals surface area (Å²) < 4.78 is 40.9. The van der Waals surface area contributed by atoms with Crippen LogP contribution in [0.1, 0.15) is 21.7 Å². The van der Waals surface area contributed by atoms with E-state index in [0.29, 0.717) is 12.6 Å². The van der Waals surface area contributed by atoms with Gasteiger partial charge in [0.15, 0.2) is 11.5 Å². The summed E-state index contributed by atoms with van der Waals surface area (Å²) in [6.07, 6.45) is -2.92. The number of carbonyl (C=O) groups excluding carboxylic acids is 1. The molecule has 1 amide bonds. The summed E-state index contributed by atoms with van der Waals surface area (Å²) in [5.74, 6) is -0.476. The van der Waals surface area contributed by atoms with Gasteiger partial charge in [-0.2, -0.15) is 23.4 Å². The molecule has 0 unspecified atom stereocenters. The average molecular weight is 399 g/mol. The zero-order chi connectivity index (χ0) is 20.6. The van der Waals surface area contributed by atoms with Gasteiger partial charge < -0.3 is 5.32 Å². The summed E-state index contributed by atoms with van der Waals surface area (Å²) in [5, 5.41) is 12.4. The van der Waals surface area contributed by atoms with Crippen LogP contribution in [0.25, 0.3) is 10.8 Å². The van der Waals surface area contributed by atoms with E-state index in [9.17, 15) is 18.0 Å². The maximum absolute atomic E-state index is 12.8. The van der Waals surface area contributed by atoms with Crippen molar-refractivity contribution < 1.29 is 18.0 Å². The van der Waals surface area contributed by atoms with Crippen molar-refractivity contribution in [3.05, 3.63) is 77.7 Å². The van der Waals surface area contributed by atoms with E-state index in [1.807, 2.05) is 42.5 Å². The normalized spacial score (nSPS) is 11.7. The molecule has 2 aromatic heterocycles. The number of aromatic nitrogens is 4. The molecule has 0 fully saturated rings. The van der Waals surface area contributed by atoms with Gasteiger partial charge in [0.2, 0.25) is 0 Å². The lowest BCUT2D eigenvalue weighted by Crippen LogP contribution is -2.16. The molecule has 0 saturated carbocycles. The molecule has 6 nitrogen and oxygen atoms in total. The maximum Gasteiger partial charge on any atom is 0.435 e. The van der Waals surface area contributed by atoms with Gasteiger partial charge in [-0.1, -0.05) is 42.5 Å². The van der Waals surface area contributed by atoms with Crippen molar-refractivity contribution in [3.8, 4) is 0 Å². The third-order valence-corrected chi connectivity index (χ3v) is 4.50. The zero-order valence-electron chi connectivity index (χ0n) is 15.3. The van der Waals surface area contributed by atoms with Gasteiger partial charge in [-0.05, 0) is 16.3 Å². The van der Waals surface area contributed by atoms with E-state index < -0.39 is 17.8 Å². The molecule has 0 spiro atoms. The Morgan fingerprint density at radius 2 is 1.83 bits per heavy atom. The van der Waals surface area contributed by atoms with Gasteiger partial charge in [-0.3, -0.25) is 14.2 Å². The lowest BCUT2D eigenvalue weighted by atomic mass is 10.0. The Bertz CT molecular complexity index is 1190. The molecule has 148 valence electrons. The summed E-state index contributed by atoms with van der Waals surface area (Å²) in [4.78, 5) is 12.3. The zero-order valence-corrected chi connectivity index (χ0v) is 15.3. The number of anilines is 1. The summed E-state index contributed by atoms with van der Waals surface area (Å²) >= 11 is 0. The lowest BCUT2D eigenvalue weighted by molar-refractivity contribution is -0.141. The van der Waals surface area contributed by atoms with Gasteiger partial charge in [0.1, 0.15) is 5.69 Å². The van der Waals surface area contributed by atoms with Crippen molar-refractivity contribution >= 4 is 22.5 Å². The molecule has 0 bridgehead atoms. The Kier molecular flexibility index (Phi) is 4.57. The van der Waals surface area contributed by atoms with E-state index in [1.54, 1.807) is 16.9 Å². The van der Waals surface area contributed by atoms with Crippen LogP contribution < -0.4 is 5.32 Å². The molecule has 2 heterocycles. The van der Waals surface area contributed by atoms with Crippen LogP contribution in [0.4, 0.5) is 19.0 Å². The SMILES string of the molecule is Cn1nc(C(F)(F)F)cc1C(=O)Nc1ccn(Cc2cccc3ccccc23)n1. The van der Waals surface area contributed by atoms with Crippen LogP contribution >= 0.6 is 0 Å². The first-order valence-corrected chi connectivity index (χ1v) is 8.74. The Morgan fingerprint density at radius 1 is 1.07 bits per heavy atom. The third kappa shape index (κ3) is 3.84. The third-order valence-electron chi connectivity index (χ3n) is 4.50. The first-order valence-electron chi connectivity index (χ1n) is 8.74. The van der Waals surface area contributed by atoms with Crippen LogP contribution in [0.2, 0.25) is 0 Å². The van der Waals surface area contributed by atoms with E-state index in [2.05, 4.69) is 15.5 Å². The highest BCUT2D eigenvalue weighted by molar-refractivity contribution is 6.02. The Morgan fingerprint density at radius 3 is 2.59 bits per heavy atom. The largest absolute Gasteiger partial charge is 0.435 e. The van der Waals surface area contributed by atoms with Gasteiger partial charge >= 0.3 is 6.18 Å². The van der Waals surface area contributed by atoms with Crippen molar-refractivity contribution in [2.24, 2.45) is 7.05 Å². The molecule has 0 atom stereocenters. The minimum absolute atomic E-state index is 0.207. The van der Waals surface area contributed by atoms with Crippen molar-refractivity contribution in [1.29, 1.82) is 0 Å². The van der Waals surface area contributed by atoms with Crippen LogP contribution in [0.15, 0.2) is 60.8 Å². The second-order valence-electron chi connectivity index (χ2n) is 6.53. The van der Waals surface area contributed by atoms with Crippen LogP contribution in [0, 0.1) is 0 Å². The number of benzene rings is 2. The van der Waals surface area contributed by atoms with Gasteiger partial charge in [-0.25, -0.2) is 0 Å². The fourth-order valence-corrected chi connectivity index (χ4v) is 3.12. The van der Waals surface area contributed by atoms with E-state index in [1.165, 1.54) is 7.05 Å². The fourth-order valence-electron chi connectivity index (χ4n) is 3.12. The minimum Gasteiger partial charge on any atom is -0.304 e. The number of alkyl halides is 3. The molecule has 0 saturated heterocycles. The molecular weight excluding hydrogens is 383 g/mol. The lowest BCUT2D eigenvalue weighted by Gasteiger charge is -2.07. The molecule has 0 aliphatic carbocycles. The molecule has 9 heteroatoms. The highest BCUT2D eigenvalue weighted by Crippen LogP contribution is 2.28. The highest BCUT2D eigenvalue weighted by atomic mass is 19.4. The topological polar surface area (TPSA) is 64.7 Å². The van der Waals surface area contributed by atoms with Gasteiger partial charge in [0.25, 0.3) is 5.91 Å². The second-order valence-corrected chi connectivity index (χ2v) is 6.53. The molecule has 0 radical (unpaired) electrons. The Hall–Kier alpha value is -3.62. The first-order chi connectivity index (χ1) is 13.8. The van der Waals surface area contributed by atoms with Crippen LogP contribution in [0.3, 0.4) is 0 Å². The number of nitrogens with one attached hydrogen (secondary N) is 1. The van der Waals surface area contributed by atoms with Crippen molar-refractivity contribution in [1.82, 2.24) is 19.6 Å². The standard InChI is InChI=1S/C20H16F3N5O/c1-27-16(11-17(25-27)20(21,22)23)19(29)24-18-9-10-28(26-18)12-14-7-4-6-13-5-2-3-8-15(13)14/h2-11H,12H2,1H3,(H,24,26,29). The average Bonchev–Trinajstić information content (AvgIpc) is 3.28. The van der Waals surface area contributed by atoms with Gasteiger partial charge in [0, 0.05) is 25.4 Å². The predicted molar refractivity (Wildman–Crippen MR) is 101 cm³/mol. The number of amides is 1. The number of carbonyl (C=O) groups is 1. The molecule has 4 aromatic rings. The summed E-state index contributed by atoms with van der Waals surface area (Å²) in [6.45, 7) is 0.487. The minimum atomic E-state index is -4.61. The number of nitrogens with zero attached hydrogens (tertiary/aromatic N) is 4. The quantitative estimate of drug-likeness (QED) is 0.562. The monoisotopic (exact) mass is 399 g/mol. The van der Waals surface area contributed by atoms with E-state index in [0.717, 1.165) is 21.0 Å². The maximum atomic E-state index is 12.8. The Labute approximate surface area is 163 Å². The number of aryl methyl sites for hydroxylation is 1. The van der Waals surface area contributed by atoms with Crippen molar-refractivity contribution in [2.45, 2.75) is 12.7 Å². The highest BCUT2D eigenvalue weighted by Gasteiger charge is 2.35. The van der Waals surface area contributed by atoms with E-state index in [-0.39, 0.29) is 11.5 Å². The summed E-state index contributed by atoms with van der Waals surface area (Å²) in [6, 6.07) is 16.3. The number of halogens is 3. The van der Waals surface area contributed by atoms with Gasteiger partial charge in [-0.15, -0.1) is 0 Å². The van der Waals surface area contributed by atoms with E-state index >= 15 is 0 Å². The predicted octanol–water partition coefficient (Wildman–Crippen LogP) is 4.09. The summed E-state index contributed by atoms with van der Waals surface area (Å²) in [5.41, 5.74) is -0.266. The fraction of sp³-hybridized carbons (Fsp3) is 0.150. The molecular formula is C20H16F3N5O. The Balaban J connectivity index is 1.51. The molecule has 1 N–H and O–H groups in total. The van der Waals surface area contributed by atoms with Crippen LogP contribution in [-0.4, -0.2) is 25.5 Å². The molecule has 29 heavy (non-hydrogen) atoms. The molecule has 2 aromatic carbocycles. The number of hydrogen-bond donors (Lipinski definition) is 1. The summed E-state index contributed by atoms with van der Waals surface area (Å²) in [7, 11) is 1.28. The van der Waals surface area contributed by atoms with Crippen molar-refractivity contribution in [2.75, 3.05) is 5.32 Å². The molecule has 4 rings (SSSR count). The number of hydrogen-bond acceptors (Lipinski definition) is 3. The molecule has 0 aliphatic rings. The van der Waals surface area contributed by atoms with Crippen LogP contribution in [-0.2, 0) is 19.8 Å². The first kappa shape index (κ1) is 18.7. The number of rotatable bonds is 4. The van der Waals surface area contributed by atoms with E-state index in [4.69, 9.17) is 0 Å². The smallest absolute Gasteiger partial charge is 0.304 e. The molecule has 0 aliphatic heterocycles. The van der Waals surface area contributed by atoms with Crippen molar-refractivity contribution in [3.63, 3.8) is 0 Å². The number of fused-ring (bicyclic) bond motifs is 1. The second kappa shape index (κ2) is 7.08. The van der Waals surface area contributed by atoms with Crippen LogP contribution in [0.5, 0.6) is 0 Å². The van der Waals surface area contributed by atoms with Gasteiger partial charge in [0.05, 0.1) is 6.54 Å².